The number of aromatic nitrogens is 5. The fourth-order valence-corrected chi connectivity index (χ4v) is 2.96. The first kappa shape index (κ1) is 14.4. The van der Waals surface area contributed by atoms with Gasteiger partial charge in [0.15, 0.2) is 11.5 Å². The lowest BCUT2D eigenvalue weighted by atomic mass is 9.96. The summed E-state index contributed by atoms with van der Waals surface area (Å²) in [4.78, 5) is 10.6. The van der Waals surface area contributed by atoms with E-state index in [-0.39, 0.29) is 0 Å². The molecule has 7 heteroatoms. The summed E-state index contributed by atoms with van der Waals surface area (Å²) < 4.78 is 2.12. The van der Waals surface area contributed by atoms with Gasteiger partial charge in [-0.25, -0.2) is 9.97 Å². The zero-order chi connectivity index (χ0) is 15.5. The van der Waals surface area contributed by atoms with Crippen molar-refractivity contribution in [2.24, 2.45) is 0 Å². The van der Waals surface area contributed by atoms with Crippen molar-refractivity contribution in [3.63, 3.8) is 0 Å². The van der Waals surface area contributed by atoms with Crippen LogP contribution in [0.4, 0.5) is 5.82 Å². The van der Waals surface area contributed by atoms with Gasteiger partial charge in [0.2, 0.25) is 0 Å². The molecule has 0 aromatic carbocycles. The molecule has 0 aliphatic carbocycles. The first-order valence-corrected chi connectivity index (χ1v) is 7.56. The molecule has 0 saturated carbocycles. The Hall–Kier alpha value is -2.49. The van der Waals surface area contributed by atoms with E-state index < -0.39 is 0 Å². The quantitative estimate of drug-likeness (QED) is 0.860. The number of anilines is 1. The molecule has 0 spiro atoms. The van der Waals surface area contributed by atoms with E-state index >= 15 is 0 Å². The Bertz CT molecular complexity index is 685. The van der Waals surface area contributed by atoms with Crippen LogP contribution in [-0.2, 0) is 0 Å². The van der Waals surface area contributed by atoms with Crippen molar-refractivity contribution < 1.29 is 0 Å². The van der Waals surface area contributed by atoms with Gasteiger partial charge in [0.25, 0.3) is 0 Å². The molecule has 0 bridgehead atoms. The number of nitrogens with zero attached hydrogens (tertiary/aromatic N) is 7. The minimum Gasteiger partial charge on any atom is -0.353 e. The highest BCUT2D eigenvalue weighted by Gasteiger charge is 2.27. The summed E-state index contributed by atoms with van der Waals surface area (Å²) in [6.45, 7) is 5.94. The molecule has 2 aromatic heterocycles. The van der Waals surface area contributed by atoms with Gasteiger partial charge in [-0.3, -0.25) is 0 Å². The molecule has 114 valence electrons. The standard InChI is InChI=1S/C15H19N7/c1-11(2)22-10-19-20-14(22)12-4-3-7-21(9-12)15-13(8-16)17-5-6-18-15/h5-6,10-12H,3-4,7,9H2,1-2H3/t12-/m0/s1. The smallest absolute Gasteiger partial charge is 0.183 e. The highest BCUT2D eigenvalue weighted by Crippen LogP contribution is 2.29. The first-order chi connectivity index (χ1) is 10.7. The third-order valence-corrected chi connectivity index (χ3v) is 4.03. The van der Waals surface area contributed by atoms with Gasteiger partial charge in [0, 0.05) is 37.4 Å². The summed E-state index contributed by atoms with van der Waals surface area (Å²) in [5, 5.41) is 17.6. The summed E-state index contributed by atoms with van der Waals surface area (Å²) in [6.07, 6.45) is 7.10. The third-order valence-electron chi connectivity index (χ3n) is 4.03. The van der Waals surface area contributed by atoms with Crippen LogP contribution in [0, 0.1) is 11.3 Å². The third kappa shape index (κ3) is 2.64. The van der Waals surface area contributed by atoms with E-state index in [4.69, 9.17) is 0 Å². The lowest BCUT2D eigenvalue weighted by molar-refractivity contribution is 0.452. The van der Waals surface area contributed by atoms with Gasteiger partial charge in [-0.2, -0.15) is 5.26 Å². The van der Waals surface area contributed by atoms with E-state index in [1.165, 1.54) is 0 Å². The molecule has 0 radical (unpaired) electrons. The van der Waals surface area contributed by atoms with Gasteiger partial charge < -0.3 is 9.47 Å². The van der Waals surface area contributed by atoms with E-state index in [1.807, 2.05) is 0 Å². The molecule has 0 amide bonds. The van der Waals surface area contributed by atoms with Gasteiger partial charge in [0.1, 0.15) is 18.2 Å². The molecule has 22 heavy (non-hydrogen) atoms. The number of piperidine rings is 1. The molecule has 0 unspecified atom stereocenters. The van der Waals surface area contributed by atoms with Crippen molar-refractivity contribution in [3.8, 4) is 6.07 Å². The van der Waals surface area contributed by atoms with Crippen LogP contribution in [0.1, 0.15) is 50.2 Å². The Morgan fingerprint density at radius 2 is 2.14 bits per heavy atom. The largest absolute Gasteiger partial charge is 0.353 e. The Morgan fingerprint density at radius 1 is 1.32 bits per heavy atom. The summed E-state index contributed by atoms with van der Waals surface area (Å²) in [5.41, 5.74) is 0.383. The van der Waals surface area contributed by atoms with Crippen LogP contribution in [0.3, 0.4) is 0 Å². The van der Waals surface area contributed by atoms with Gasteiger partial charge in [0.05, 0.1) is 0 Å². The van der Waals surface area contributed by atoms with Crippen molar-refractivity contribution in [2.75, 3.05) is 18.0 Å². The predicted molar refractivity (Wildman–Crippen MR) is 81.3 cm³/mol. The molecule has 1 aliphatic heterocycles. The minimum absolute atomic E-state index is 0.298. The SMILES string of the molecule is CC(C)n1cnnc1[C@H]1CCCN(c2nccnc2C#N)C1. The molecule has 3 heterocycles. The van der Waals surface area contributed by atoms with Gasteiger partial charge >= 0.3 is 0 Å². The first-order valence-electron chi connectivity index (χ1n) is 7.56. The summed E-state index contributed by atoms with van der Waals surface area (Å²) >= 11 is 0. The zero-order valence-electron chi connectivity index (χ0n) is 12.8. The second kappa shape index (κ2) is 6.10. The summed E-state index contributed by atoms with van der Waals surface area (Å²) in [7, 11) is 0. The highest BCUT2D eigenvalue weighted by atomic mass is 15.3. The van der Waals surface area contributed by atoms with Crippen molar-refractivity contribution in [1.82, 2.24) is 24.7 Å². The fourth-order valence-electron chi connectivity index (χ4n) is 2.96. The van der Waals surface area contributed by atoms with Crippen molar-refractivity contribution in [2.45, 2.75) is 38.6 Å². The molecule has 1 atom stereocenters. The Labute approximate surface area is 129 Å². The van der Waals surface area contributed by atoms with Crippen LogP contribution >= 0.6 is 0 Å². The lowest BCUT2D eigenvalue weighted by Gasteiger charge is -2.33. The molecule has 2 aromatic rings. The van der Waals surface area contributed by atoms with Gasteiger partial charge in [-0.15, -0.1) is 10.2 Å². The molecule has 0 N–H and O–H groups in total. The molecular formula is C15H19N7. The van der Waals surface area contributed by atoms with Crippen LogP contribution in [-0.4, -0.2) is 37.8 Å². The number of nitriles is 1. The fraction of sp³-hybridized carbons (Fsp3) is 0.533. The van der Waals surface area contributed by atoms with Gasteiger partial charge in [-0.1, -0.05) is 0 Å². The maximum absolute atomic E-state index is 9.21. The van der Waals surface area contributed by atoms with Crippen LogP contribution < -0.4 is 4.90 Å². The molecule has 1 aliphatic rings. The Balaban J connectivity index is 1.86. The topological polar surface area (TPSA) is 83.5 Å². The van der Waals surface area contributed by atoms with Crippen LogP contribution in [0.5, 0.6) is 0 Å². The normalized spacial score (nSPS) is 18.5. The minimum atomic E-state index is 0.298. The molecule has 7 nitrogen and oxygen atoms in total. The van der Waals surface area contributed by atoms with Crippen LogP contribution in [0.25, 0.3) is 0 Å². The average molecular weight is 297 g/mol. The molecule has 1 fully saturated rings. The summed E-state index contributed by atoms with van der Waals surface area (Å²) in [6, 6.07) is 2.46. The maximum Gasteiger partial charge on any atom is 0.183 e. The molecular weight excluding hydrogens is 278 g/mol. The second-order valence-electron chi connectivity index (χ2n) is 5.82. The average Bonchev–Trinajstić information content (AvgIpc) is 3.05. The van der Waals surface area contributed by atoms with Gasteiger partial charge in [-0.05, 0) is 26.7 Å². The highest BCUT2D eigenvalue weighted by molar-refractivity contribution is 5.50. The van der Waals surface area contributed by atoms with E-state index in [9.17, 15) is 5.26 Å². The molecule has 3 rings (SSSR count). The van der Waals surface area contributed by atoms with E-state index in [0.29, 0.717) is 23.5 Å². The maximum atomic E-state index is 9.21. The Morgan fingerprint density at radius 3 is 2.91 bits per heavy atom. The van der Waals surface area contributed by atoms with E-state index in [1.54, 1.807) is 18.7 Å². The van der Waals surface area contributed by atoms with Crippen LogP contribution in [0.15, 0.2) is 18.7 Å². The van der Waals surface area contributed by atoms with Crippen LogP contribution in [0.2, 0.25) is 0 Å². The van der Waals surface area contributed by atoms with E-state index in [0.717, 1.165) is 31.8 Å². The Kier molecular flexibility index (Phi) is 4.00. The number of hydrogen-bond acceptors (Lipinski definition) is 6. The molecule has 1 saturated heterocycles. The second-order valence-corrected chi connectivity index (χ2v) is 5.82. The van der Waals surface area contributed by atoms with Crippen molar-refractivity contribution in [3.05, 3.63) is 30.2 Å². The summed E-state index contributed by atoms with van der Waals surface area (Å²) in [5.74, 6) is 1.99. The number of rotatable bonds is 3. The van der Waals surface area contributed by atoms with Crippen molar-refractivity contribution >= 4 is 5.82 Å². The van der Waals surface area contributed by atoms with E-state index in [2.05, 4.69) is 49.5 Å². The zero-order valence-corrected chi connectivity index (χ0v) is 12.8. The predicted octanol–water partition coefficient (Wildman–Crippen LogP) is 1.90. The monoisotopic (exact) mass is 297 g/mol. The van der Waals surface area contributed by atoms with Crippen molar-refractivity contribution in [1.29, 1.82) is 5.26 Å². The number of hydrogen-bond donors (Lipinski definition) is 0. The lowest BCUT2D eigenvalue weighted by Crippen LogP contribution is -2.36.